The molecule has 0 aromatic carbocycles. The highest BCUT2D eigenvalue weighted by Crippen LogP contribution is 2.14. The van der Waals surface area contributed by atoms with Gasteiger partial charge in [-0.2, -0.15) is 0 Å². The average Bonchev–Trinajstić information content (AvgIpc) is 3.21. The Morgan fingerprint density at radius 2 is 2.41 bits per heavy atom. The van der Waals surface area contributed by atoms with Gasteiger partial charge >= 0.3 is 0 Å². The first-order valence-corrected chi connectivity index (χ1v) is 8.20. The predicted molar refractivity (Wildman–Crippen MR) is 84.4 cm³/mol. The lowest BCUT2D eigenvalue weighted by atomic mass is 10.2. The summed E-state index contributed by atoms with van der Waals surface area (Å²) >= 11 is 1.70. The van der Waals surface area contributed by atoms with E-state index in [1.807, 2.05) is 11.4 Å². The molecule has 0 saturated carbocycles. The molecule has 3 heterocycles. The number of ether oxygens (including phenoxy) is 2. The number of thiophene rings is 1. The van der Waals surface area contributed by atoms with Crippen molar-refractivity contribution in [2.45, 2.75) is 18.9 Å². The van der Waals surface area contributed by atoms with Crippen molar-refractivity contribution in [1.82, 2.24) is 10.3 Å². The van der Waals surface area contributed by atoms with Crippen LogP contribution in [0.3, 0.4) is 0 Å². The molecule has 1 fully saturated rings. The number of hydrogen-bond donors (Lipinski definition) is 1. The predicted octanol–water partition coefficient (Wildman–Crippen LogP) is 2.28. The number of nitrogens with one attached hydrogen (secondary N) is 1. The number of aromatic nitrogens is 1. The van der Waals surface area contributed by atoms with E-state index in [1.165, 1.54) is 4.88 Å². The fourth-order valence-corrected chi connectivity index (χ4v) is 2.93. The van der Waals surface area contributed by atoms with Crippen molar-refractivity contribution in [2.24, 2.45) is 0 Å². The first kappa shape index (κ1) is 15.0. The second-order valence-electron chi connectivity index (χ2n) is 5.07. The molecule has 1 atom stereocenters. The van der Waals surface area contributed by atoms with Crippen molar-refractivity contribution in [3.05, 3.63) is 46.3 Å². The highest BCUT2D eigenvalue weighted by molar-refractivity contribution is 7.09. The molecule has 1 N–H and O–H groups in total. The van der Waals surface area contributed by atoms with Gasteiger partial charge in [0.1, 0.15) is 6.10 Å². The van der Waals surface area contributed by atoms with Gasteiger partial charge in [0.05, 0.1) is 18.8 Å². The molecule has 1 unspecified atom stereocenters. The highest BCUT2D eigenvalue weighted by atomic mass is 32.1. The number of hydrogen-bond acceptors (Lipinski definition) is 5. The number of rotatable bonds is 6. The van der Waals surface area contributed by atoms with Crippen LogP contribution in [-0.2, 0) is 11.2 Å². The van der Waals surface area contributed by atoms with Crippen LogP contribution < -0.4 is 10.1 Å². The van der Waals surface area contributed by atoms with Crippen molar-refractivity contribution in [1.29, 1.82) is 0 Å². The molecule has 116 valence electrons. The molecular formula is C16H18N2O3S. The van der Waals surface area contributed by atoms with Gasteiger partial charge in [0.25, 0.3) is 5.91 Å². The van der Waals surface area contributed by atoms with Crippen LogP contribution in [0.2, 0.25) is 0 Å². The van der Waals surface area contributed by atoms with Gasteiger partial charge in [-0.3, -0.25) is 4.79 Å². The Morgan fingerprint density at radius 1 is 1.45 bits per heavy atom. The summed E-state index contributed by atoms with van der Waals surface area (Å²) in [5.74, 6) is 0.422. The molecule has 1 aliphatic rings. The fraction of sp³-hybridized carbons (Fsp3) is 0.375. The summed E-state index contributed by atoms with van der Waals surface area (Å²) in [5, 5.41) is 4.93. The number of carbonyl (C=O) groups excluding carboxylic acids is 1. The summed E-state index contributed by atoms with van der Waals surface area (Å²) in [6.45, 7) is 1.96. The van der Waals surface area contributed by atoms with Gasteiger partial charge in [0, 0.05) is 30.1 Å². The Balaban J connectivity index is 1.47. The fourth-order valence-electron chi connectivity index (χ4n) is 2.22. The van der Waals surface area contributed by atoms with Crippen LogP contribution in [-0.4, -0.2) is 36.8 Å². The third-order valence-corrected chi connectivity index (χ3v) is 4.35. The van der Waals surface area contributed by atoms with Gasteiger partial charge in [-0.15, -0.1) is 11.3 Å². The minimum atomic E-state index is -0.111. The molecule has 0 spiro atoms. The van der Waals surface area contributed by atoms with E-state index < -0.39 is 0 Å². The van der Waals surface area contributed by atoms with Gasteiger partial charge in [0.2, 0.25) is 5.88 Å². The zero-order valence-corrected chi connectivity index (χ0v) is 13.0. The molecule has 0 radical (unpaired) electrons. The third kappa shape index (κ3) is 4.05. The molecule has 0 bridgehead atoms. The van der Waals surface area contributed by atoms with Gasteiger partial charge in [0.15, 0.2) is 0 Å². The lowest BCUT2D eigenvalue weighted by Crippen LogP contribution is -2.25. The van der Waals surface area contributed by atoms with E-state index in [2.05, 4.69) is 16.4 Å². The van der Waals surface area contributed by atoms with Gasteiger partial charge in [-0.25, -0.2) is 4.98 Å². The summed E-state index contributed by atoms with van der Waals surface area (Å²) < 4.78 is 10.9. The van der Waals surface area contributed by atoms with Gasteiger partial charge in [-0.1, -0.05) is 6.07 Å². The van der Waals surface area contributed by atoms with E-state index in [-0.39, 0.29) is 12.0 Å². The molecule has 0 aliphatic carbocycles. The maximum Gasteiger partial charge on any atom is 0.252 e. The molecule has 22 heavy (non-hydrogen) atoms. The van der Waals surface area contributed by atoms with Crippen molar-refractivity contribution in [2.75, 3.05) is 19.8 Å². The maximum absolute atomic E-state index is 12.0. The van der Waals surface area contributed by atoms with E-state index in [9.17, 15) is 4.79 Å². The van der Waals surface area contributed by atoms with Crippen LogP contribution in [0, 0.1) is 0 Å². The Hall–Kier alpha value is -1.92. The smallest absolute Gasteiger partial charge is 0.252 e. The van der Waals surface area contributed by atoms with Crippen molar-refractivity contribution < 1.29 is 14.3 Å². The molecule has 2 aromatic heterocycles. The van der Waals surface area contributed by atoms with Crippen LogP contribution >= 0.6 is 11.3 Å². The first-order valence-electron chi connectivity index (χ1n) is 7.32. The molecule has 1 aliphatic heterocycles. The second-order valence-corrected chi connectivity index (χ2v) is 6.11. The summed E-state index contributed by atoms with van der Waals surface area (Å²) in [6.07, 6.45) is 3.34. The Labute approximate surface area is 133 Å². The van der Waals surface area contributed by atoms with Gasteiger partial charge < -0.3 is 14.8 Å². The van der Waals surface area contributed by atoms with Crippen LogP contribution in [0.1, 0.15) is 21.7 Å². The molecular weight excluding hydrogens is 300 g/mol. The lowest BCUT2D eigenvalue weighted by molar-refractivity contribution is 0.0953. The third-order valence-electron chi connectivity index (χ3n) is 3.41. The van der Waals surface area contributed by atoms with E-state index in [0.29, 0.717) is 24.6 Å². The number of carbonyl (C=O) groups is 1. The SMILES string of the molecule is O=C(NCCc1cccs1)c1ccc(OC2CCOC2)nc1. The van der Waals surface area contributed by atoms with E-state index >= 15 is 0 Å². The molecule has 3 rings (SSSR count). The normalized spacial score (nSPS) is 17.4. The van der Waals surface area contributed by atoms with Crippen LogP contribution in [0.15, 0.2) is 35.8 Å². The van der Waals surface area contributed by atoms with Gasteiger partial charge in [-0.05, 0) is 23.9 Å². The van der Waals surface area contributed by atoms with Crippen molar-refractivity contribution in [3.8, 4) is 5.88 Å². The molecule has 5 nitrogen and oxygen atoms in total. The monoisotopic (exact) mass is 318 g/mol. The van der Waals surface area contributed by atoms with Crippen molar-refractivity contribution >= 4 is 17.2 Å². The largest absolute Gasteiger partial charge is 0.472 e. The Bertz CT molecular complexity index is 592. The van der Waals surface area contributed by atoms with Crippen LogP contribution in [0.5, 0.6) is 5.88 Å². The summed E-state index contributed by atoms with van der Waals surface area (Å²) in [4.78, 5) is 17.5. The zero-order valence-electron chi connectivity index (χ0n) is 12.2. The molecule has 1 amide bonds. The van der Waals surface area contributed by atoms with E-state index in [1.54, 1.807) is 29.7 Å². The number of nitrogens with zero attached hydrogens (tertiary/aromatic N) is 1. The minimum Gasteiger partial charge on any atom is -0.472 e. The van der Waals surface area contributed by atoms with E-state index in [4.69, 9.17) is 9.47 Å². The van der Waals surface area contributed by atoms with Crippen LogP contribution in [0.4, 0.5) is 0 Å². The quantitative estimate of drug-likeness (QED) is 0.888. The molecule has 1 saturated heterocycles. The van der Waals surface area contributed by atoms with Crippen molar-refractivity contribution in [3.63, 3.8) is 0 Å². The standard InChI is InChI=1S/C16H18N2O3S/c19-16(17-7-5-14-2-1-9-22-14)12-3-4-15(18-10-12)21-13-6-8-20-11-13/h1-4,9-10,13H,5-8,11H2,(H,17,19). The van der Waals surface area contributed by atoms with Crippen LogP contribution in [0.25, 0.3) is 0 Å². The Kier molecular flexibility index (Phi) is 5.03. The number of pyridine rings is 1. The number of amides is 1. The lowest BCUT2D eigenvalue weighted by Gasteiger charge is -2.11. The topological polar surface area (TPSA) is 60.5 Å². The average molecular weight is 318 g/mol. The minimum absolute atomic E-state index is 0.0676. The second kappa shape index (κ2) is 7.38. The summed E-state index contributed by atoms with van der Waals surface area (Å²) in [6, 6.07) is 7.54. The summed E-state index contributed by atoms with van der Waals surface area (Å²) in [7, 11) is 0. The Morgan fingerprint density at radius 3 is 3.09 bits per heavy atom. The molecule has 6 heteroatoms. The highest BCUT2D eigenvalue weighted by Gasteiger charge is 2.17. The first-order chi connectivity index (χ1) is 10.8. The summed E-state index contributed by atoms with van der Waals surface area (Å²) in [5.41, 5.74) is 0.543. The maximum atomic E-state index is 12.0. The van der Waals surface area contributed by atoms with E-state index in [0.717, 1.165) is 19.4 Å². The zero-order chi connectivity index (χ0) is 15.2. The molecule has 2 aromatic rings.